The molecule has 0 saturated carbocycles. The first-order valence-corrected chi connectivity index (χ1v) is 12.9. The van der Waals surface area contributed by atoms with Crippen molar-refractivity contribution in [3.8, 4) is 0 Å². The number of carbonyl (C=O) groups excluding carboxylic acids is 1. The van der Waals surface area contributed by atoms with E-state index in [1.807, 2.05) is 0 Å². The van der Waals surface area contributed by atoms with Gasteiger partial charge in [-0.3, -0.25) is 4.79 Å². The quantitative estimate of drug-likeness (QED) is 0.680. The number of anilines is 1. The summed E-state index contributed by atoms with van der Waals surface area (Å²) in [4.78, 5) is 12.9. The Labute approximate surface area is 188 Å². The number of aryl methyl sites for hydroxylation is 1. The zero-order valence-corrected chi connectivity index (χ0v) is 19.7. The summed E-state index contributed by atoms with van der Waals surface area (Å²) in [6, 6.07) is 9.05. The average molecular weight is 484 g/mol. The van der Waals surface area contributed by atoms with Crippen LogP contribution < -0.4 is 5.32 Å². The van der Waals surface area contributed by atoms with Crippen LogP contribution in [-0.2, 0) is 24.8 Å². The van der Waals surface area contributed by atoms with Crippen molar-refractivity contribution in [3.05, 3.63) is 53.8 Å². The number of rotatable bonds is 6. The maximum Gasteiger partial charge on any atom is 0.243 e. The van der Waals surface area contributed by atoms with Crippen LogP contribution in [0.25, 0.3) is 0 Å². The standard InChI is InChI=1S/C21H26FN3O5S2/c1-15-6-9-19(31(27,28)24(2)3)13-20(15)23-21(26)16-5-4-12-25(14-16)32(29,30)18-10-7-17(22)8-11-18/h6-11,13,16H,4-5,12,14H2,1-3H3,(H,23,26). The summed E-state index contributed by atoms with van der Waals surface area (Å²) in [5.41, 5.74) is 1.04. The number of nitrogens with one attached hydrogen (secondary N) is 1. The van der Waals surface area contributed by atoms with Crippen molar-refractivity contribution >= 4 is 31.6 Å². The van der Waals surface area contributed by atoms with Gasteiger partial charge in [-0.1, -0.05) is 6.07 Å². The summed E-state index contributed by atoms with van der Waals surface area (Å²) in [6.45, 7) is 1.99. The highest BCUT2D eigenvalue weighted by Gasteiger charge is 2.33. The van der Waals surface area contributed by atoms with Crippen molar-refractivity contribution in [2.24, 2.45) is 5.92 Å². The Morgan fingerprint density at radius 3 is 2.31 bits per heavy atom. The van der Waals surface area contributed by atoms with Gasteiger partial charge in [0.15, 0.2) is 0 Å². The fourth-order valence-corrected chi connectivity index (χ4v) is 5.92. The molecule has 3 rings (SSSR count). The molecule has 2 aromatic carbocycles. The molecule has 1 heterocycles. The highest BCUT2D eigenvalue weighted by Crippen LogP contribution is 2.27. The van der Waals surface area contributed by atoms with Gasteiger partial charge in [0.1, 0.15) is 5.82 Å². The Morgan fingerprint density at radius 1 is 1.06 bits per heavy atom. The van der Waals surface area contributed by atoms with Crippen molar-refractivity contribution in [2.75, 3.05) is 32.5 Å². The molecule has 1 aliphatic rings. The van der Waals surface area contributed by atoms with E-state index >= 15 is 0 Å². The van der Waals surface area contributed by atoms with Crippen LogP contribution in [0.1, 0.15) is 18.4 Å². The predicted molar refractivity (Wildman–Crippen MR) is 119 cm³/mol. The third-order valence-electron chi connectivity index (χ3n) is 5.45. The lowest BCUT2D eigenvalue weighted by molar-refractivity contribution is -0.120. The summed E-state index contributed by atoms with van der Waals surface area (Å²) in [5.74, 6) is -1.52. The molecule has 2 aromatic rings. The van der Waals surface area contributed by atoms with Crippen molar-refractivity contribution in [1.29, 1.82) is 0 Å². The number of piperidine rings is 1. The van der Waals surface area contributed by atoms with Crippen LogP contribution in [0, 0.1) is 18.7 Å². The summed E-state index contributed by atoms with van der Waals surface area (Å²) >= 11 is 0. The molecule has 1 saturated heterocycles. The third-order valence-corrected chi connectivity index (χ3v) is 9.14. The lowest BCUT2D eigenvalue weighted by Gasteiger charge is -2.31. The molecule has 1 fully saturated rings. The van der Waals surface area contributed by atoms with Gasteiger partial charge >= 0.3 is 0 Å². The summed E-state index contributed by atoms with van der Waals surface area (Å²) in [6.07, 6.45) is 0.989. The number of nitrogens with zero attached hydrogens (tertiary/aromatic N) is 2. The SMILES string of the molecule is Cc1ccc(S(=O)(=O)N(C)C)cc1NC(=O)C1CCCN(S(=O)(=O)c2ccc(F)cc2)C1. The van der Waals surface area contributed by atoms with Crippen LogP contribution in [0.4, 0.5) is 10.1 Å². The number of halogens is 1. The molecule has 32 heavy (non-hydrogen) atoms. The smallest absolute Gasteiger partial charge is 0.243 e. The van der Waals surface area contributed by atoms with E-state index in [4.69, 9.17) is 0 Å². The zero-order valence-electron chi connectivity index (χ0n) is 18.1. The van der Waals surface area contributed by atoms with Crippen molar-refractivity contribution in [3.63, 3.8) is 0 Å². The summed E-state index contributed by atoms with van der Waals surface area (Å²) < 4.78 is 66.1. The number of amides is 1. The highest BCUT2D eigenvalue weighted by molar-refractivity contribution is 7.89. The number of benzene rings is 2. The summed E-state index contributed by atoms with van der Waals surface area (Å²) in [5, 5.41) is 2.76. The summed E-state index contributed by atoms with van der Waals surface area (Å²) in [7, 11) is -4.69. The molecule has 1 aliphatic heterocycles. The first kappa shape index (κ1) is 24.3. The highest BCUT2D eigenvalue weighted by atomic mass is 32.2. The van der Waals surface area contributed by atoms with Gasteiger partial charge in [-0.2, -0.15) is 4.31 Å². The minimum atomic E-state index is -3.86. The maximum absolute atomic E-state index is 13.2. The van der Waals surface area contributed by atoms with E-state index in [1.54, 1.807) is 13.0 Å². The van der Waals surface area contributed by atoms with Crippen molar-refractivity contribution in [2.45, 2.75) is 29.6 Å². The van der Waals surface area contributed by atoms with Crippen LogP contribution in [0.15, 0.2) is 52.3 Å². The molecular formula is C21H26FN3O5S2. The number of sulfonamides is 2. The van der Waals surface area contributed by atoms with E-state index in [1.165, 1.54) is 42.7 Å². The lowest BCUT2D eigenvalue weighted by atomic mass is 9.98. The minimum Gasteiger partial charge on any atom is -0.326 e. The van der Waals surface area contributed by atoms with E-state index < -0.39 is 31.8 Å². The second kappa shape index (κ2) is 9.26. The average Bonchev–Trinajstić information content (AvgIpc) is 2.75. The van der Waals surface area contributed by atoms with Gasteiger partial charge in [0.25, 0.3) is 0 Å². The van der Waals surface area contributed by atoms with Gasteiger partial charge in [-0.25, -0.2) is 25.5 Å². The first-order valence-electron chi connectivity index (χ1n) is 10.0. The molecule has 0 spiro atoms. The van der Waals surface area contributed by atoms with E-state index in [2.05, 4.69) is 5.32 Å². The molecule has 0 aromatic heterocycles. The Kier molecular flexibility index (Phi) is 7.03. The number of carbonyl (C=O) groups is 1. The molecule has 8 nitrogen and oxygen atoms in total. The molecule has 0 radical (unpaired) electrons. The van der Waals surface area contributed by atoms with Crippen LogP contribution >= 0.6 is 0 Å². The predicted octanol–water partition coefficient (Wildman–Crippen LogP) is 2.42. The molecule has 1 unspecified atom stereocenters. The number of hydrogen-bond donors (Lipinski definition) is 1. The largest absolute Gasteiger partial charge is 0.326 e. The molecule has 0 bridgehead atoms. The van der Waals surface area contributed by atoms with Crippen molar-refractivity contribution in [1.82, 2.24) is 8.61 Å². The topological polar surface area (TPSA) is 104 Å². The van der Waals surface area contributed by atoms with Gasteiger partial charge in [0, 0.05) is 32.9 Å². The van der Waals surface area contributed by atoms with Crippen LogP contribution in [0.2, 0.25) is 0 Å². The van der Waals surface area contributed by atoms with E-state index in [0.717, 1.165) is 16.4 Å². The van der Waals surface area contributed by atoms with E-state index in [0.29, 0.717) is 24.1 Å². The Balaban J connectivity index is 1.78. The molecule has 174 valence electrons. The van der Waals surface area contributed by atoms with Crippen LogP contribution in [0.5, 0.6) is 0 Å². The Bertz CT molecular complexity index is 1210. The van der Waals surface area contributed by atoms with E-state index in [9.17, 15) is 26.0 Å². The van der Waals surface area contributed by atoms with Crippen molar-refractivity contribution < 1.29 is 26.0 Å². The molecule has 1 atom stereocenters. The van der Waals surface area contributed by atoms with Gasteiger partial charge in [0.05, 0.1) is 15.7 Å². The van der Waals surface area contributed by atoms with Gasteiger partial charge in [-0.05, 0) is 61.7 Å². The van der Waals surface area contributed by atoms with E-state index in [-0.39, 0.29) is 28.8 Å². The molecule has 1 amide bonds. The van der Waals surface area contributed by atoms with Gasteiger partial charge in [0.2, 0.25) is 26.0 Å². The number of hydrogen-bond acceptors (Lipinski definition) is 5. The fourth-order valence-electron chi connectivity index (χ4n) is 3.47. The Morgan fingerprint density at radius 2 is 1.69 bits per heavy atom. The second-order valence-corrected chi connectivity index (χ2v) is 12.0. The van der Waals surface area contributed by atoms with Crippen LogP contribution in [-0.4, -0.2) is 58.5 Å². The molecule has 11 heteroatoms. The second-order valence-electron chi connectivity index (χ2n) is 7.91. The molecule has 0 aliphatic carbocycles. The maximum atomic E-state index is 13.2. The third kappa shape index (κ3) is 5.01. The minimum absolute atomic E-state index is 0.0136. The lowest BCUT2D eigenvalue weighted by Crippen LogP contribution is -2.43. The normalized spacial score (nSPS) is 18.0. The van der Waals surface area contributed by atoms with Gasteiger partial charge in [-0.15, -0.1) is 0 Å². The van der Waals surface area contributed by atoms with Crippen LogP contribution in [0.3, 0.4) is 0 Å². The zero-order chi connectivity index (χ0) is 23.7. The molecule has 1 N–H and O–H groups in total. The first-order chi connectivity index (χ1) is 14.9. The Hall–Kier alpha value is -2.34. The monoisotopic (exact) mass is 483 g/mol. The fraction of sp³-hybridized carbons (Fsp3) is 0.381. The van der Waals surface area contributed by atoms with Gasteiger partial charge < -0.3 is 5.32 Å². The molecular weight excluding hydrogens is 457 g/mol.